The number of anilines is 1. The predicted molar refractivity (Wildman–Crippen MR) is 114 cm³/mol. The first-order valence-electron chi connectivity index (χ1n) is 8.85. The number of likely N-dealkylation sites (N-methyl/N-ethyl adjacent to an activating group) is 1. The number of hydrogen-bond donors (Lipinski definition) is 1. The van der Waals surface area contributed by atoms with Crippen molar-refractivity contribution in [2.75, 3.05) is 32.6 Å². The Morgan fingerprint density at radius 1 is 1.00 bits per heavy atom. The van der Waals surface area contributed by atoms with E-state index in [1.54, 1.807) is 0 Å². The molecule has 3 aromatic carbocycles. The molecule has 5 heteroatoms. The van der Waals surface area contributed by atoms with Gasteiger partial charge in [0, 0.05) is 16.7 Å². The van der Waals surface area contributed by atoms with Crippen LogP contribution in [0.3, 0.4) is 0 Å². The topological polar surface area (TPSA) is 41.6 Å². The van der Waals surface area contributed by atoms with Gasteiger partial charge < -0.3 is 15.0 Å². The second kappa shape index (κ2) is 9.02. The number of nitrogens with zero attached hydrogens (tertiary/aromatic N) is 1. The van der Waals surface area contributed by atoms with E-state index in [1.165, 1.54) is 5.56 Å². The van der Waals surface area contributed by atoms with Gasteiger partial charge in [-0.25, -0.2) is 0 Å². The number of carbonyl (C=O) groups is 1. The monoisotopic (exact) mass is 426 g/mol. The lowest BCUT2D eigenvalue weighted by Crippen LogP contribution is -2.20. The van der Waals surface area contributed by atoms with Crippen LogP contribution in [0.15, 0.2) is 65.1 Å². The van der Waals surface area contributed by atoms with Crippen molar-refractivity contribution < 1.29 is 9.53 Å². The third-order valence-corrected chi connectivity index (χ3v) is 4.72. The highest BCUT2D eigenvalue weighted by Crippen LogP contribution is 2.24. The van der Waals surface area contributed by atoms with E-state index < -0.39 is 0 Å². The van der Waals surface area contributed by atoms with Crippen molar-refractivity contribution in [1.29, 1.82) is 0 Å². The number of benzene rings is 3. The average molecular weight is 427 g/mol. The molecular weight excluding hydrogens is 404 g/mol. The zero-order chi connectivity index (χ0) is 19.2. The molecule has 0 heterocycles. The van der Waals surface area contributed by atoms with E-state index in [1.807, 2.05) is 60.7 Å². The van der Waals surface area contributed by atoms with Crippen LogP contribution in [-0.2, 0) is 11.2 Å². The molecule has 0 saturated carbocycles. The molecule has 140 valence electrons. The Kier molecular flexibility index (Phi) is 6.48. The number of nitrogens with one attached hydrogen (secondary N) is 1. The predicted octanol–water partition coefficient (Wildman–Crippen LogP) is 4.72. The second-order valence-corrected chi connectivity index (χ2v) is 7.66. The average Bonchev–Trinajstić information content (AvgIpc) is 2.65. The number of hydrogen-bond acceptors (Lipinski definition) is 3. The van der Waals surface area contributed by atoms with Gasteiger partial charge in [0.25, 0.3) is 5.91 Å². The molecule has 3 aromatic rings. The summed E-state index contributed by atoms with van der Waals surface area (Å²) >= 11 is 3.47. The molecular formula is C22H23BrN2O2. The van der Waals surface area contributed by atoms with E-state index in [2.05, 4.69) is 40.2 Å². The first kappa shape index (κ1) is 19.4. The molecule has 0 spiro atoms. The van der Waals surface area contributed by atoms with Crippen LogP contribution >= 0.6 is 15.9 Å². The van der Waals surface area contributed by atoms with Crippen molar-refractivity contribution in [2.45, 2.75) is 6.42 Å². The van der Waals surface area contributed by atoms with E-state index in [4.69, 9.17) is 4.74 Å². The van der Waals surface area contributed by atoms with E-state index in [0.717, 1.165) is 33.9 Å². The van der Waals surface area contributed by atoms with E-state index in [9.17, 15) is 4.79 Å². The standard InChI is InChI=1S/C22H23BrN2O2/c1-25(2)12-11-16-3-8-20(9-4-16)24-22(26)15-27-21-10-6-17-13-19(23)7-5-18(17)14-21/h3-10,13-14H,11-12,15H2,1-2H3,(H,24,26). The lowest BCUT2D eigenvalue weighted by Gasteiger charge is -2.11. The third kappa shape index (κ3) is 5.81. The Morgan fingerprint density at radius 3 is 2.44 bits per heavy atom. The minimum absolute atomic E-state index is 0.0234. The van der Waals surface area contributed by atoms with Gasteiger partial charge in [-0.1, -0.05) is 40.2 Å². The molecule has 0 aliphatic heterocycles. The van der Waals surface area contributed by atoms with Gasteiger partial charge in [0.2, 0.25) is 0 Å². The van der Waals surface area contributed by atoms with Crippen molar-refractivity contribution in [1.82, 2.24) is 4.90 Å². The molecule has 0 aromatic heterocycles. The van der Waals surface area contributed by atoms with Crippen LogP contribution in [0.4, 0.5) is 5.69 Å². The Bertz CT molecular complexity index is 923. The summed E-state index contributed by atoms with van der Waals surface area (Å²) < 4.78 is 6.68. The molecule has 0 aliphatic carbocycles. The fraction of sp³-hybridized carbons (Fsp3) is 0.227. The lowest BCUT2D eigenvalue weighted by molar-refractivity contribution is -0.118. The molecule has 3 rings (SSSR count). The number of ether oxygens (including phenoxy) is 1. The van der Waals surface area contributed by atoms with Gasteiger partial charge in [0.1, 0.15) is 5.75 Å². The van der Waals surface area contributed by atoms with Crippen molar-refractivity contribution in [2.24, 2.45) is 0 Å². The van der Waals surface area contributed by atoms with Gasteiger partial charge in [0.15, 0.2) is 6.61 Å². The Morgan fingerprint density at radius 2 is 1.70 bits per heavy atom. The van der Waals surface area contributed by atoms with Crippen LogP contribution in [0.5, 0.6) is 5.75 Å². The maximum atomic E-state index is 12.1. The van der Waals surface area contributed by atoms with Gasteiger partial charge in [-0.15, -0.1) is 0 Å². The highest BCUT2D eigenvalue weighted by Gasteiger charge is 2.05. The molecule has 27 heavy (non-hydrogen) atoms. The fourth-order valence-corrected chi connectivity index (χ4v) is 3.12. The molecule has 4 nitrogen and oxygen atoms in total. The molecule has 0 radical (unpaired) electrons. The minimum atomic E-state index is -0.174. The SMILES string of the molecule is CN(C)CCc1ccc(NC(=O)COc2ccc3cc(Br)ccc3c2)cc1. The molecule has 1 N–H and O–H groups in total. The molecule has 0 saturated heterocycles. The van der Waals surface area contributed by atoms with Crippen molar-refractivity contribution >= 4 is 38.3 Å². The maximum absolute atomic E-state index is 12.1. The summed E-state index contributed by atoms with van der Waals surface area (Å²) in [5.74, 6) is 0.506. The molecule has 0 fully saturated rings. The summed E-state index contributed by atoms with van der Waals surface area (Å²) in [6.07, 6.45) is 0.989. The lowest BCUT2D eigenvalue weighted by atomic mass is 10.1. The normalized spacial score (nSPS) is 11.0. The van der Waals surface area contributed by atoms with Crippen molar-refractivity contribution in [3.05, 3.63) is 70.7 Å². The summed E-state index contributed by atoms with van der Waals surface area (Å²) in [6.45, 7) is 0.979. The number of fused-ring (bicyclic) bond motifs is 1. The first-order valence-corrected chi connectivity index (χ1v) is 9.64. The number of rotatable bonds is 7. The first-order chi connectivity index (χ1) is 13.0. The minimum Gasteiger partial charge on any atom is -0.484 e. The van der Waals surface area contributed by atoms with Gasteiger partial charge in [0.05, 0.1) is 0 Å². The van der Waals surface area contributed by atoms with E-state index >= 15 is 0 Å². The third-order valence-electron chi connectivity index (χ3n) is 4.23. The van der Waals surface area contributed by atoms with Crippen LogP contribution in [0, 0.1) is 0 Å². The molecule has 0 bridgehead atoms. The summed E-state index contributed by atoms with van der Waals surface area (Å²) in [4.78, 5) is 14.3. The number of halogens is 1. The molecule has 0 aliphatic rings. The highest BCUT2D eigenvalue weighted by atomic mass is 79.9. The molecule has 0 atom stereocenters. The summed E-state index contributed by atoms with van der Waals surface area (Å²) in [6, 6.07) is 19.8. The van der Waals surface area contributed by atoms with Crippen LogP contribution in [0.2, 0.25) is 0 Å². The van der Waals surface area contributed by atoms with Gasteiger partial charge >= 0.3 is 0 Å². The largest absolute Gasteiger partial charge is 0.484 e. The fourth-order valence-electron chi connectivity index (χ4n) is 2.74. The zero-order valence-corrected chi connectivity index (χ0v) is 17.1. The van der Waals surface area contributed by atoms with Crippen LogP contribution in [0.1, 0.15) is 5.56 Å². The van der Waals surface area contributed by atoms with E-state index in [-0.39, 0.29) is 12.5 Å². The summed E-state index contributed by atoms with van der Waals surface area (Å²) in [5.41, 5.74) is 2.03. The summed E-state index contributed by atoms with van der Waals surface area (Å²) in [5, 5.41) is 5.06. The maximum Gasteiger partial charge on any atom is 0.262 e. The Labute approximate surface area is 168 Å². The van der Waals surface area contributed by atoms with Crippen LogP contribution in [0.25, 0.3) is 10.8 Å². The van der Waals surface area contributed by atoms with Crippen molar-refractivity contribution in [3.63, 3.8) is 0 Å². The highest BCUT2D eigenvalue weighted by molar-refractivity contribution is 9.10. The smallest absolute Gasteiger partial charge is 0.262 e. The Hall–Kier alpha value is -2.37. The number of amides is 1. The molecule has 1 amide bonds. The van der Waals surface area contributed by atoms with Gasteiger partial charge in [-0.05, 0) is 73.3 Å². The van der Waals surface area contributed by atoms with Crippen LogP contribution in [-0.4, -0.2) is 38.1 Å². The zero-order valence-electron chi connectivity index (χ0n) is 15.5. The number of carbonyl (C=O) groups excluding carboxylic acids is 1. The van der Waals surface area contributed by atoms with Crippen LogP contribution < -0.4 is 10.1 Å². The summed E-state index contributed by atoms with van der Waals surface area (Å²) in [7, 11) is 4.12. The Balaban J connectivity index is 1.52. The second-order valence-electron chi connectivity index (χ2n) is 6.74. The molecule has 0 unspecified atom stereocenters. The quantitative estimate of drug-likeness (QED) is 0.593. The van der Waals surface area contributed by atoms with Gasteiger partial charge in [-0.3, -0.25) is 4.79 Å². The van der Waals surface area contributed by atoms with Crippen molar-refractivity contribution in [3.8, 4) is 5.75 Å². The van der Waals surface area contributed by atoms with Gasteiger partial charge in [-0.2, -0.15) is 0 Å². The van der Waals surface area contributed by atoms with E-state index in [0.29, 0.717) is 5.75 Å².